The molecule has 4 rings (SSSR count). The van der Waals surface area contributed by atoms with Gasteiger partial charge in [-0.3, -0.25) is 0 Å². The van der Waals surface area contributed by atoms with Crippen molar-refractivity contribution in [3.63, 3.8) is 0 Å². The molecule has 0 atom stereocenters. The van der Waals surface area contributed by atoms with Crippen molar-refractivity contribution < 1.29 is 15.0 Å². The number of rotatable bonds is 2. The van der Waals surface area contributed by atoms with Crippen LogP contribution in [-0.4, -0.2) is 16.1 Å². The Hall–Kier alpha value is -3.40. The summed E-state index contributed by atoms with van der Waals surface area (Å²) in [6, 6.07) is 19.3. The molecule has 3 aromatic carbocycles. The molecule has 4 nitrogen and oxygen atoms in total. The van der Waals surface area contributed by atoms with Crippen LogP contribution in [-0.2, 0) is 0 Å². The lowest BCUT2D eigenvalue weighted by atomic mass is 10.00. The number of hydrogen-bond donors (Lipinski definition) is 1. The number of nitrogens with zero attached hydrogens (tertiary/aromatic N) is 1. The topological polar surface area (TPSA) is 73.2 Å². The average molecular weight is 314 g/mol. The molecule has 0 fully saturated rings. The van der Waals surface area contributed by atoms with Gasteiger partial charge >= 0.3 is 5.97 Å². The monoisotopic (exact) mass is 314 g/mol. The van der Waals surface area contributed by atoms with E-state index in [1.165, 1.54) is 12.1 Å². The smallest absolute Gasteiger partial charge is 0.336 e. The van der Waals surface area contributed by atoms with Crippen LogP contribution in [0, 0.1) is 0 Å². The van der Waals surface area contributed by atoms with Crippen LogP contribution in [0.4, 0.5) is 0 Å². The molecule has 4 heteroatoms. The lowest BCUT2D eigenvalue weighted by Crippen LogP contribution is -2.02. The van der Waals surface area contributed by atoms with Crippen LogP contribution in [0.2, 0.25) is 0 Å². The van der Waals surface area contributed by atoms with Gasteiger partial charge in [-0.05, 0) is 17.0 Å². The normalized spacial score (nSPS) is 11.0. The fourth-order valence-electron chi connectivity index (χ4n) is 2.95. The van der Waals surface area contributed by atoms with E-state index in [1.54, 1.807) is 24.3 Å². The maximum absolute atomic E-state index is 12.1. The molecule has 0 saturated heterocycles. The zero-order chi connectivity index (χ0) is 16.7. The second-order valence-corrected chi connectivity index (χ2v) is 5.54. The van der Waals surface area contributed by atoms with E-state index >= 15 is 0 Å². The van der Waals surface area contributed by atoms with Gasteiger partial charge < -0.3 is 10.2 Å². The zero-order valence-electron chi connectivity index (χ0n) is 12.6. The molecule has 1 heterocycles. The average Bonchev–Trinajstić information content (AvgIpc) is 2.61. The molecular formula is C20H12NO3-. The van der Waals surface area contributed by atoms with Crippen LogP contribution >= 0.6 is 0 Å². The van der Waals surface area contributed by atoms with E-state index in [9.17, 15) is 15.0 Å². The van der Waals surface area contributed by atoms with E-state index in [1.807, 2.05) is 30.3 Å². The van der Waals surface area contributed by atoms with Crippen molar-refractivity contribution in [2.75, 3.05) is 0 Å². The SMILES string of the molecule is O=C(O)c1cc(-c2ccccc2[O-])nc2c1ccc1ccccc12. The summed E-state index contributed by atoms with van der Waals surface area (Å²) in [5.74, 6) is -1.22. The van der Waals surface area contributed by atoms with Crippen LogP contribution in [0.5, 0.6) is 5.75 Å². The molecule has 1 aromatic heterocycles. The molecule has 24 heavy (non-hydrogen) atoms. The predicted molar refractivity (Wildman–Crippen MR) is 91.1 cm³/mol. The number of hydrogen-bond acceptors (Lipinski definition) is 3. The largest absolute Gasteiger partial charge is 0.872 e. The Morgan fingerprint density at radius 2 is 1.67 bits per heavy atom. The number of aromatic nitrogens is 1. The molecule has 0 radical (unpaired) electrons. The number of carboxylic acids is 1. The van der Waals surface area contributed by atoms with E-state index in [-0.39, 0.29) is 11.3 Å². The summed E-state index contributed by atoms with van der Waals surface area (Å²) in [6.45, 7) is 0. The third-order valence-electron chi connectivity index (χ3n) is 4.10. The molecule has 0 unspecified atom stereocenters. The summed E-state index contributed by atoms with van der Waals surface area (Å²) in [4.78, 5) is 16.3. The minimum atomic E-state index is -1.04. The van der Waals surface area contributed by atoms with Gasteiger partial charge in [-0.25, -0.2) is 9.78 Å². The molecule has 1 N–H and O–H groups in total. The van der Waals surface area contributed by atoms with Crippen molar-refractivity contribution in [2.45, 2.75) is 0 Å². The summed E-state index contributed by atoms with van der Waals surface area (Å²) in [7, 11) is 0. The number of carboxylic acid groups (broad SMARTS) is 1. The highest BCUT2D eigenvalue weighted by molar-refractivity contribution is 6.12. The number of carbonyl (C=O) groups is 1. The Labute approximate surface area is 137 Å². The molecule has 0 amide bonds. The lowest BCUT2D eigenvalue weighted by molar-refractivity contribution is -0.267. The van der Waals surface area contributed by atoms with Gasteiger partial charge in [0, 0.05) is 10.8 Å². The van der Waals surface area contributed by atoms with Gasteiger partial charge in [-0.1, -0.05) is 66.4 Å². The van der Waals surface area contributed by atoms with Crippen LogP contribution in [0.1, 0.15) is 10.4 Å². The first-order valence-electron chi connectivity index (χ1n) is 7.47. The second kappa shape index (κ2) is 5.35. The highest BCUT2D eigenvalue weighted by Crippen LogP contribution is 2.32. The van der Waals surface area contributed by atoms with Crippen molar-refractivity contribution in [2.24, 2.45) is 0 Å². The van der Waals surface area contributed by atoms with Crippen molar-refractivity contribution >= 4 is 27.6 Å². The van der Waals surface area contributed by atoms with E-state index in [4.69, 9.17) is 0 Å². The van der Waals surface area contributed by atoms with Crippen molar-refractivity contribution in [1.29, 1.82) is 0 Å². The Morgan fingerprint density at radius 3 is 2.46 bits per heavy atom. The molecule has 0 bridgehead atoms. The van der Waals surface area contributed by atoms with Crippen molar-refractivity contribution in [1.82, 2.24) is 4.98 Å². The van der Waals surface area contributed by atoms with Crippen LogP contribution in [0.15, 0.2) is 66.7 Å². The quantitative estimate of drug-likeness (QED) is 0.571. The summed E-state index contributed by atoms with van der Waals surface area (Å²) < 4.78 is 0. The Morgan fingerprint density at radius 1 is 0.917 bits per heavy atom. The van der Waals surface area contributed by atoms with Crippen LogP contribution in [0.3, 0.4) is 0 Å². The third kappa shape index (κ3) is 2.16. The fraction of sp³-hybridized carbons (Fsp3) is 0. The number of aromatic carboxylic acids is 1. The molecule has 4 aromatic rings. The standard InChI is InChI=1S/C20H13NO3/c22-18-8-4-3-7-15(18)17-11-16(20(23)24)14-10-9-12-5-1-2-6-13(12)19(14)21-17/h1-11,22H,(H,23,24)/p-1. The molecule has 0 aliphatic heterocycles. The second-order valence-electron chi connectivity index (χ2n) is 5.54. The summed E-state index contributed by atoms with van der Waals surface area (Å²) in [5, 5.41) is 24.1. The lowest BCUT2D eigenvalue weighted by Gasteiger charge is -2.14. The van der Waals surface area contributed by atoms with Gasteiger partial charge in [-0.15, -0.1) is 0 Å². The molecule has 0 spiro atoms. The maximum Gasteiger partial charge on any atom is 0.336 e. The van der Waals surface area contributed by atoms with Crippen molar-refractivity contribution in [3.8, 4) is 17.0 Å². The van der Waals surface area contributed by atoms with E-state index in [0.717, 1.165) is 10.8 Å². The van der Waals surface area contributed by atoms with Crippen molar-refractivity contribution in [3.05, 3.63) is 72.3 Å². The first-order valence-corrected chi connectivity index (χ1v) is 7.47. The third-order valence-corrected chi connectivity index (χ3v) is 4.10. The zero-order valence-corrected chi connectivity index (χ0v) is 12.6. The number of benzene rings is 3. The van der Waals surface area contributed by atoms with Crippen LogP contribution in [0.25, 0.3) is 32.9 Å². The summed E-state index contributed by atoms with van der Waals surface area (Å²) in [6.07, 6.45) is 0. The highest BCUT2D eigenvalue weighted by atomic mass is 16.4. The number of pyridine rings is 1. The molecule has 0 aliphatic carbocycles. The first-order chi connectivity index (χ1) is 11.6. The minimum Gasteiger partial charge on any atom is -0.872 e. The molecule has 116 valence electrons. The first kappa shape index (κ1) is 14.2. The Kier molecular flexibility index (Phi) is 3.17. The molecular weight excluding hydrogens is 302 g/mol. The molecule has 0 aliphatic rings. The van der Waals surface area contributed by atoms with Gasteiger partial charge in [-0.2, -0.15) is 0 Å². The van der Waals surface area contributed by atoms with Gasteiger partial charge in [0.05, 0.1) is 16.8 Å². The minimum absolute atomic E-state index is 0.143. The summed E-state index contributed by atoms with van der Waals surface area (Å²) >= 11 is 0. The number of para-hydroxylation sites is 1. The highest BCUT2D eigenvalue weighted by Gasteiger charge is 2.15. The Balaban J connectivity index is 2.15. The molecule has 0 saturated carbocycles. The van der Waals surface area contributed by atoms with E-state index in [2.05, 4.69) is 4.98 Å². The van der Waals surface area contributed by atoms with E-state index in [0.29, 0.717) is 22.2 Å². The predicted octanol–water partition coefficient (Wildman–Crippen LogP) is 3.83. The van der Waals surface area contributed by atoms with Gasteiger partial charge in [0.15, 0.2) is 0 Å². The van der Waals surface area contributed by atoms with Gasteiger partial charge in [0.2, 0.25) is 0 Å². The summed E-state index contributed by atoms with van der Waals surface area (Å²) in [5.41, 5.74) is 1.51. The van der Waals surface area contributed by atoms with E-state index < -0.39 is 5.97 Å². The fourth-order valence-corrected chi connectivity index (χ4v) is 2.95. The maximum atomic E-state index is 12.1. The Bertz CT molecular complexity index is 1100. The van der Waals surface area contributed by atoms with Gasteiger partial charge in [0.1, 0.15) is 0 Å². The number of fused-ring (bicyclic) bond motifs is 3. The van der Waals surface area contributed by atoms with Crippen LogP contribution < -0.4 is 5.11 Å². The van der Waals surface area contributed by atoms with Gasteiger partial charge in [0.25, 0.3) is 0 Å².